The summed E-state index contributed by atoms with van der Waals surface area (Å²) in [5.74, 6) is -0.154. The molecule has 0 unspecified atom stereocenters. The third kappa shape index (κ3) is 8.02. The molecule has 184 valence electrons. The quantitative estimate of drug-likeness (QED) is 0.233. The number of carbonyl (C=O) groups is 1. The monoisotopic (exact) mass is 519 g/mol. The molecule has 1 heterocycles. The van der Waals surface area contributed by atoms with Gasteiger partial charge in [0, 0.05) is 27.0 Å². The van der Waals surface area contributed by atoms with Gasteiger partial charge in [-0.3, -0.25) is 4.79 Å². The van der Waals surface area contributed by atoms with E-state index < -0.39 is 24.5 Å². The Labute approximate surface area is 202 Å². The Bertz CT molecular complexity index is 487. The number of methoxy groups -OCH3 is 1. The van der Waals surface area contributed by atoms with Crippen LogP contribution in [-0.2, 0) is 19.0 Å². The van der Waals surface area contributed by atoms with Crippen LogP contribution < -0.4 is 72.6 Å². The number of hydrogen-bond donors (Lipinski definition) is 5. The Morgan fingerprint density at radius 2 is 1.73 bits per heavy atom. The van der Waals surface area contributed by atoms with Crippen molar-refractivity contribution in [3.8, 4) is 0 Å². The normalized spacial score (nSPS) is 35.6. The van der Waals surface area contributed by atoms with E-state index in [0.717, 1.165) is 12.8 Å². The topological polar surface area (TPSA) is 179 Å². The molecular weight excluding hydrogens is 484 g/mol. The van der Waals surface area contributed by atoms with Crippen molar-refractivity contribution in [2.45, 2.75) is 68.1 Å². The standard InChI is InChI=1S/C16H33N5O5.4ClH/c1-21(12(22)7-18)13-11(24-2)5-10(20)15(14(13)23)26-16-9(19)4-3-8(6-17)25-16;;;;/h8-11,13-16,23H,3-7,17-20H2,1-2H3;4*1H/t8-,9+,10-,11-,13+,14+,15+,16+;;;;/m0..../s1. The largest absolute Gasteiger partial charge is 1.00 e. The molecule has 2 rings (SSSR count). The van der Waals surface area contributed by atoms with Gasteiger partial charge in [-0.2, -0.15) is 0 Å². The highest BCUT2D eigenvalue weighted by atomic mass is 35.5. The summed E-state index contributed by atoms with van der Waals surface area (Å²) >= 11 is 0. The zero-order chi connectivity index (χ0) is 19.4. The summed E-state index contributed by atoms with van der Waals surface area (Å²) < 4.78 is 17.6. The highest BCUT2D eigenvalue weighted by molar-refractivity contribution is 5.77. The molecule has 1 saturated carbocycles. The van der Waals surface area contributed by atoms with Crippen LogP contribution in [0.1, 0.15) is 19.3 Å². The van der Waals surface area contributed by atoms with Crippen molar-refractivity contribution < 1.29 is 96.7 Å². The summed E-state index contributed by atoms with van der Waals surface area (Å²) in [7, 11) is 3.24. The van der Waals surface area contributed by atoms with Crippen molar-refractivity contribution >= 4 is 5.91 Å². The first-order valence-electron chi connectivity index (χ1n) is 9.36. The summed E-state index contributed by atoms with van der Waals surface area (Å²) in [4.78, 5) is 13.6. The molecule has 30 heavy (non-hydrogen) atoms. The molecule has 1 aliphatic carbocycles. The van der Waals surface area contributed by atoms with E-state index in [9.17, 15) is 9.90 Å². The molecule has 0 bridgehead atoms. The Morgan fingerprint density at radius 3 is 2.23 bits per heavy atom. The number of aliphatic hydroxyl groups is 1. The second kappa shape index (κ2) is 16.0. The molecule has 0 radical (unpaired) electrons. The number of hydrogen-bond acceptors (Lipinski definition) is 5. The molecule has 2 aliphatic rings. The van der Waals surface area contributed by atoms with Gasteiger partial charge in [-0.05, 0) is 6.42 Å². The summed E-state index contributed by atoms with van der Waals surface area (Å²) in [6.07, 6.45) is 0.0890. The number of quaternary nitrogens is 4. The van der Waals surface area contributed by atoms with Crippen molar-refractivity contribution in [3.63, 3.8) is 0 Å². The van der Waals surface area contributed by atoms with Crippen molar-refractivity contribution in [2.75, 3.05) is 27.2 Å². The molecular formula is C16H37Cl4N5O5. The number of aliphatic hydroxyl groups excluding tert-OH is 1. The van der Waals surface area contributed by atoms with Crippen LogP contribution >= 0.6 is 0 Å². The second-order valence-corrected chi connectivity index (χ2v) is 7.36. The van der Waals surface area contributed by atoms with Gasteiger partial charge in [-0.1, -0.05) is 0 Å². The van der Waals surface area contributed by atoms with Gasteiger partial charge >= 0.3 is 0 Å². The zero-order valence-electron chi connectivity index (χ0n) is 17.5. The highest BCUT2D eigenvalue weighted by Crippen LogP contribution is 2.29. The maximum atomic E-state index is 12.1. The third-order valence-electron chi connectivity index (χ3n) is 5.61. The van der Waals surface area contributed by atoms with Gasteiger partial charge in [0.2, 0.25) is 6.29 Å². The maximum Gasteiger partial charge on any atom is 0.277 e. The zero-order valence-corrected chi connectivity index (χ0v) is 20.5. The summed E-state index contributed by atoms with van der Waals surface area (Å²) in [5, 5.41) is 11.0. The van der Waals surface area contributed by atoms with E-state index in [1.54, 1.807) is 14.2 Å². The Balaban J connectivity index is -0.00000182. The molecule has 13 N–H and O–H groups in total. The van der Waals surface area contributed by atoms with Crippen molar-refractivity contribution in [3.05, 3.63) is 0 Å². The Morgan fingerprint density at radius 1 is 1.13 bits per heavy atom. The van der Waals surface area contributed by atoms with Gasteiger partial charge in [0.1, 0.15) is 36.9 Å². The first kappa shape index (κ1) is 34.9. The van der Waals surface area contributed by atoms with Crippen molar-refractivity contribution in [2.24, 2.45) is 0 Å². The molecule has 14 heteroatoms. The van der Waals surface area contributed by atoms with Crippen molar-refractivity contribution in [1.29, 1.82) is 0 Å². The van der Waals surface area contributed by atoms with Crippen LogP contribution in [0.5, 0.6) is 0 Å². The fourth-order valence-corrected chi connectivity index (χ4v) is 3.93. The van der Waals surface area contributed by atoms with E-state index in [-0.39, 0.29) is 86.4 Å². The molecule has 0 aromatic carbocycles. The van der Waals surface area contributed by atoms with Gasteiger partial charge in [-0.15, -0.1) is 0 Å². The number of halogens is 4. The second-order valence-electron chi connectivity index (χ2n) is 7.36. The van der Waals surface area contributed by atoms with Crippen LogP contribution in [0.3, 0.4) is 0 Å². The van der Waals surface area contributed by atoms with E-state index in [4.69, 9.17) is 14.2 Å². The van der Waals surface area contributed by atoms with Gasteiger partial charge in [-0.25, -0.2) is 0 Å². The predicted molar refractivity (Wildman–Crippen MR) is 89.6 cm³/mol. The number of rotatable bonds is 6. The lowest BCUT2D eigenvalue weighted by molar-refractivity contribution is -0.506. The Hall–Kier alpha value is 0.310. The van der Waals surface area contributed by atoms with Crippen molar-refractivity contribution in [1.82, 2.24) is 4.90 Å². The van der Waals surface area contributed by atoms with E-state index in [1.807, 2.05) is 0 Å². The van der Waals surface area contributed by atoms with Crippen LogP contribution in [-0.4, -0.2) is 92.0 Å². The van der Waals surface area contributed by atoms with Crippen LogP contribution in [0, 0.1) is 0 Å². The lowest BCUT2D eigenvalue weighted by Crippen LogP contribution is -3.00. The molecule has 0 spiro atoms. The van der Waals surface area contributed by atoms with Gasteiger partial charge < -0.3 is 96.8 Å². The number of nitrogens with zero attached hydrogens (tertiary/aromatic N) is 1. The first-order valence-corrected chi connectivity index (χ1v) is 9.36. The SMILES string of the molecule is CO[C@H]1C[C@H]([NH3+])[C@@H](O[C@H]2O[C@H](C[NH3+])CC[C@H]2[NH3+])[C@H](O)[C@@H]1N(C)C(=O)C[NH3+].[Cl-].[Cl-].[Cl-].[Cl-]. The number of carbonyl (C=O) groups excluding carboxylic acids is 1. The minimum atomic E-state index is -0.937. The maximum absolute atomic E-state index is 12.1. The highest BCUT2D eigenvalue weighted by Gasteiger charge is 2.50. The van der Waals surface area contributed by atoms with Crippen LogP contribution in [0.15, 0.2) is 0 Å². The summed E-state index contributed by atoms with van der Waals surface area (Å²) in [6, 6.07) is -0.729. The smallest absolute Gasteiger partial charge is 0.277 e. The third-order valence-corrected chi connectivity index (χ3v) is 5.61. The average molecular weight is 521 g/mol. The number of ether oxygens (including phenoxy) is 3. The minimum absolute atomic E-state index is 0. The predicted octanol–water partition coefficient (Wildman–Crippen LogP) is -17.8. The van der Waals surface area contributed by atoms with Gasteiger partial charge in [0.15, 0.2) is 6.54 Å². The van der Waals surface area contributed by atoms with Gasteiger partial charge in [0.25, 0.3) is 5.91 Å². The molecule has 1 aliphatic heterocycles. The summed E-state index contributed by atoms with van der Waals surface area (Å²) in [6.45, 7) is 0.788. The van der Waals surface area contributed by atoms with E-state index in [1.165, 1.54) is 4.90 Å². The Kier molecular flexibility index (Phi) is 18.6. The molecule has 2 fully saturated rings. The minimum Gasteiger partial charge on any atom is -1.00 e. The van der Waals surface area contributed by atoms with Crippen LogP contribution in [0.2, 0.25) is 0 Å². The number of amides is 1. The molecule has 0 aromatic rings. The fourth-order valence-electron chi connectivity index (χ4n) is 3.93. The van der Waals surface area contributed by atoms with E-state index >= 15 is 0 Å². The lowest BCUT2D eigenvalue weighted by atomic mass is 9.83. The molecule has 0 aromatic heterocycles. The fraction of sp³-hybridized carbons (Fsp3) is 0.938. The first-order chi connectivity index (χ1) is 12.3. The van der Waals surface area contributed by atoms with Gasteiger partial charge in [0.05, 0.1) is 12.1 Å². The van der Waals surface area contributed by atoms with E-state index in [2.05, 4.69) is 22.9 Å². The van der Waals surface area contributed by atoms with E-state index in [0.29, 0.717) is 13.0 Å². The summed E-state index contributed by atoms with van der Waals surface area (Å²) in [5.41, 5.74) is 15.8. The molecule has 10 nitrogen and oxygen atoms in total. The average Bonchev–Trinajstić information content (AvgIpc) is 2.64. The van der Waals surface area contributed by atoms with Crippen LogP contribution in [0.4, 0.5) is 0 Å². The molecule has 8 atom stereocenters. The lowest BCUT2D eigenvalue weighted by Gasteiger charge is -2.46. The molecule has 1 amide bonds. The van der Waals surface area contributed by atoms with Crippen LogP contribution in [0.25, 0.3) is 0 Å². The molecule has 1 saturated heterocycles. The number of likely N-dealkylation sites (N-methyl/N-ethyl adjacent to an activating group) is 1.